The quantitative estimate of drug-likeness (QED) is 0.656. The highest BCUT2D eigenvalue weighted by Gasteiger charge is 2.06. The third kappa shape index (κ3) is 5.52. The maximum atomic E-state index is 11.8. The second kappa shape index (κ2) is 9.31. The van der Waals surface area contributed by atoms with E-state index in [0.29, 0.717) is 16.1 Å². The monoisotopic (exact) mass is 352 g/mol. The van der Waals surface area contributed by atoms with Crippen molar-refractivity contribution < 1.29 is 9.59 Å². The molecule has 25 heavy (non-hydrogen) atoms. The summed E-state index contributed by atoms with van der Waals surface area (Å²) in [7, 11) is 1.57. The van der Waals surface area contributed by atoms with Crippen LogP contribution in [0.15, 0.2) is 54.6 Å². The number of halogens is 1. The van der Waals surface area contributed by atoms with Gasteiger partial charge in [0, 0.05) is 23.7 Å². The molecule has 0 bridgehead atoms. The van der Waals surface area contributed by atoms with Gasteiger partial charge in [-0.3, -0.25) is 9.59 Å². The summed E-state index contributed by atoms with van der Waals surface area (Å²) in [5.41, 5.74) is 1.88. The van der Waals surface area contributed by atoms with Gasteiger partial charge in [0.1, 0.15) is 0 Å². The zero-order chi connectivity index (χ0) is 18.1. The first kappa shape index (κ1) is 18.3. The zero-order valence-corrected chi connectivity index (χ0v) is 14.4. The minimum atomic E-state index is -0.270. The Hall–Kier alpha value is -3.03. The molecule has 126 valence electrons. The lowest BCUT2D eigenvalue weighted by molar-refractivity contribution is -0.116. The largest absolute Gasteiger partial charge is 0.355 e. The molecule has 2 N–H and O–H groups in total. The van der Waals surface area contributed by atoms with Crippen LogP contribution in [-0.4, -0.2) is 25.4 Å². The topological polar surface area (TPSA) is 58.2 Å². The second-order valence-electron chi connectivity index (χ2n) is 5.00. The zero-order valence-electron chi connectivity index (χ0n) is 13.7. The highest BCUT2D eigenvalue weighted by atomic mass is 35.5. The van der Waals surface area contributed by atoms with Crippen molar-refractivity contribution in [2.75, 3.05) is 13.6 Å². The Morgan fingerprint density at radius 1 is 1.12 bits per heavy atom. The molecular weight excluding hydrogens is 336 g/mol. The van der Waals surface area contributed by atoms with E-state index in [9.17, 15) is 9.59 Å². The molecule has 0 unspecified atom stereocenters. The fourth-order valence-electron chi connectivity index (χ4n) is 2.03. The minimum Gasteiger partial charge on any atom is -0.355 e. The lowest BCUT2D eigenvalue weighted by Crippen LogP contribution is -2.21. The number of rotatable bonds is 4. The van der Waals surface area contributed by atoms with Gasteiger partial charge in [0.25, 0.3) is 5.91 Å². The Morgan fingerprint density at radius 2 is 1.84 bits per heavy atom. The number of benzene rings is 2. The van der Waals surface area contributed by atoms with Gasteiger partial charge in [-0.2, -0.15) is 0 Å². The summed E-state index contributed by atoms with van der Waals surface area (Å²) in [5.74, 6) is 5.27. The molecule has 2 amide bonds. The molecular formula is C20H17ClN2O2. The molecule has 5 heteroatoms. The molecule has 0 fully saturated rings. The molecule has 0 aliphatic rings. The average molecular weight is 353 g/mol. The predicted octanol–water partition coefficient (Wildman–Crippen LogP) is 2.88. The Balaban J connectivity index is 1.94. The van der Waals surface area contributed by atoms with Crippen LogP contribution in [0.25, 0.3) is 6.08 Å². The van der Waals surface area contributed by atoms with Crippen molar-refractivity contribution >= 4 is 29.5 Å². The van der Waals surface area contributed by atoms with Crippen molar-refractivity contribution in [2.45, 2.75) is 0 Å². The highest BCUT2D eigenvalue weighted by Crippen LogP contribution is 2.15. The number of amides is 2. The molecule has 0 aromatic heterocycles. The van der Waals surface area contributed by atoms with Gasteiger partial charge in [0.2, 0.25) is 5.91 Å². The van der Waals surface area contributed by atoms with E-state index in [-0.39, 0.29) is 18.4 Å². The molecule has 2 aromatic carbocycles. The van der Waals surface area contributed by atoms with Gasteiger partial charge < -0.3 is 10.6 Å². The van der Waals surface area contributed by atoms with Crippen LogP contribution in [0.1, 0.15) is 21.5 Å². The molecule has 2 aromatic rings. The summed E-state index contributed by atoms with van der Waals surface area (Å²) in [5, 5.41) is 5.81. The third-order valence-corrected chi connectivity index (χ3v) is 3.64. The smallest absolute Gasteiger partial charge is 0.252 e. The van der Waals surface area contributed by atoms with E-state index in [2.05, 4.69) is 22.5 Å². The number of hydrogen-bond donors (Lipinski definition) is 2. The lowest BCUT2D eigenvalue weighted by atomic mass is 10.1. The fourth-order valence-corrected chi connectivity index (χ4v) is 2.23. The lowest BCUT2D eigenvalue weighted by Gasteiger charge is -2.02. The summed E-state index contributed by atoms with van der Waals surface area (Å²) in [6.07, 6.45) is 3.05. The van der Waals surface area contributed by atoms with Crippen LogP contribution in [0.2, 0.25) is 5.02 Å². The molecule has 0 radical (unpaired) electrons. The Bertz CT molecular complexity index is 863. The summed E-state index contributed by atoms with van der Waals surface area (Å²) < 4.78 is 0. The number of nitrogens with one attached hydrogen (secondary N) is 2. The normalized spacial score (nSPS) is 10.0. The van der Waals surface area contributed by atoms with Crippen LogP contribution in [-0.2, 0) is 4.79 Å². The molecule has 0 saturated heterocycles. The van der Waals surface area contributed by atoms with E-state index >= 15 is 0 Å². The molecule has 4 nitrogen and oxygen atoms in total. The van der Waals surface area contributed by atoms with E-state index in [4.69, 9.17) is 11.6 Å². The number of carbonyl (C=O) groups excluding carboxylic acids is 2. The molecule has 0 aliphatic heterocycles. The van der Waals surface area contributed by atoms with Gasteiger partial charge in [-0.1, -0.05) is 53.8 Å². The number of hydrogen-bond acceptors (Lipinski definition) is 2. The van der Waals surface area contributed by atoms with E-state index in [0.717, 1.165) is 5.56 Å². The Kier molecular flexibility index (Phi) is 6.82. The van der Waals surface area contributed by atoms with Crippen molar-refractivity contribution in [3.05, 3.63) is 76.3 Å². The Morgan fingerprint density at radius 3 is 2.60 bits per heavy atom. The second-order valence-corrected chi connectivity index (χ2v) is 5.41. The summed E-state index contributed by atoms with van der Waals surface area (Å²) in [6, 6.07) is 14.3. The van der Waals surface area contributed by atoms with Gasteiger partial charge in [-0.15, -0.1) is 0 Å². The van der Waals surface area contributed by atoms with Crippen LogP contribution < -0.4 is 10.6 Å². The van der Waals surface area contributed by atoms with E-state index in [1.165, 1.54) is 6.08 Å². The highest BCUT2D eigenvalue weighted by molar-refractivity contribution is 6.32. The van der Waals surface area contributed by atoms with E-state index < -0.39 is 0 Å². The van der Waals surface area contributed by atoms with Gasteiger partial charge in [0.15, 0.2) is 0 Å². The van der Waals surface area contributed by atoms with Crippen LogP contribution in [0.3, 0.4) is 0 Å². The molecule has 0 spiro atoms. The van der Waals surface area contributed by atoms with Crippen molar-refractivity contribution in [1.29, 1.82) is 0 Å². The fraction of sp³-hybridized carbons (Fsp3) is 0.100. The van der Waals surface area contributed by atoms with Crippen molar-refractivity contribution in [3.8, 4) is 11.8 Å². The molecule has 0 saturated carbocycles. The van der Waals surface area contributed by atoms with Crippen LogP contribution in [0.4, 0.5) is 0 Å². The predicted molar refractivity (Wildman–Crippen MR) is 100 cm³/mol. The van der Waals surface area contributed by atoms with Crippen LogP contribution in [0.5, 0.6) is 0 Å². The van der Waals surface area contributed by atoms with Gasteiger partial charge >= 0.3 is 0 Å². The molecule has 0 aliphatic carbocycles. The van der Waals surface area contributed by atoms with Gasteiger partial charge in [-0.05, 0) is 29.8 Å². The van der Waals surface area contributed by atoms with Crippen LogP contribution >= 0.6 is 11.6 Å². The van der Waals surface area contributed by atoms with Crippen molar-refractivity contribution in [2.24, 2.45) is 0 Å². The molecule has 2 rings (SSSR count). The molecule has 0 atom stereocenters. The first-order valence-corrected chi connectivity index (χ1v) is 8.00. The third-order valence-electron chi connectivity index (χ3n) is 3.29. The summed E-state index contributed by atoms with van der Waals surface area (Å²) >= 11 is 6.02. The van der Waals surface area contributed by atoms with Crippen molar-refractivity contribution in [1.82, 2.24) is 10.6 Å². The van der Waals surface area contributed by atoms with Gasteiger partial charge in [0.05, 0.1) is 12.1 Å². The van der Waals surface area contributed by atoms with Crippen LogP contribution in [0, 0.1) is 11.8 Å². The summed E-state index contributed by atoms with van der Waals surface area (Å²) in [4.78, 5) is 23.5. The first-order chi connectivity index (χ1) is 12.1. The SMILES string of the molecule is CNC(=O)c1ccccc1C#CCNC(=O)/C=C/c1ccccc1Cl. The maximum absolute atomic E-state index is 11.8. The summed E-state index contributed by atoms with van der Waals surface area (Å²) in [6.45, 7) is 0.174. The standard InChI is InChI=1S/C20H17ClN2O2/c1-22-20(25)17-10-4-2-7-15(17)9-6-14-23-19(24)13-12-16-8-3-5-11-18(16)21/h2-5,7-8,10-13H,14H2,1H3,(H,22,25)(H,23,24)/b13-12+. The first-order valence-electron chi connectivity index (χ1n) is 7.62. The molecule has 0 heterocycles. The number of carbonyl (C=O) groups is 2. The Labute approximate surface area is 151 Å². The average Bonchev–Trinajstić information content (AvgIpc) is 2.64. The van der Waals surface area contributed by atoms with E-state index in [1.54, 1.807) is 43.5 Å². The minimum absolute atomic E-state index is 0.174. The van der Waals surface area contributed by atoms with Crippen molar-refractivity contribution in [3.63, 3.8) is 0 Å². The van der Waals surface area contributed by atoms with E-state index in [1.807, 2.05) is 18.2 Å². The van der Waals surface area contributed by atoms with Gasteiger partial charge in [-0.25, -0.2) is 0 Å². The maximum Gasteiger partial charge on any atom is 0.252 e.